The molecule has 29 heavy (non-hydrogen) atoms. The zero-order valence-corrected chi connectivity index (χ0v) is 17.1. The number of rotatable bonds is 5. The minimum absolute atomic E-state index is 0.253. The molecule has 0 bridgehead atoms. The molecule has 3 aromatic rings. The van der Waals surface area contributed by atoms with E-state index in [4.69, 9.17) is 4.98 Å². The number of aryl methyl sites for hydroxylation is 1. The second-order valence-electron chi connectivity index (χ2n) is 7.90. The number of hydrogen-bond donors (Lipinski definition) is 3. The number of quaternary nitrogens is 1. The van der Waals surface area contributed by atoms with Crippen molar-refractivity contribution in [1.29, 1.82) is 0 Å². The lowest BCUT2D eigenvalue weighted by atomic mass is 10.2. The standard InChI is InChI=1S/C23H29N5O/c1-27-21-12-11-19(25-23(29)24-18-9-5-4-6-10-18)17-20(21)26-22(27)13-16-28-14-7-2-3-8-15-28/h4-6,9-12,17H,2-3,7-8,13-16H2,1H3,(H2,24,25,29)/p+1. The maximum atomic E-state index is 12.2. The van der Waals surface area contributed by atoms with Crippen molar-refractivity contribution in [3.63, 3.8) is 0 Å². The van der Waals surface area contributed by atoms with Crippen LogP contribution in [0.5, 0.6) is 0 Å². The van der Waals surface area contributed by atoms with Gasteiger partial charge in [0.1, 0.15) is 5.82 Å². The molecular formula is C23H30N5O+. The molecule has 0 saturated carbocycles. The fourth-order valence-corrected chi connectivity index (χ4v) is 4.13. The summed E-state index contributed by atoms with van der Waals surface area (Å²) in [4.78, 5) is 18.8. The summed E-state index contributed by atoms with van der Waals surface area (Å²) in [6.45, 7) is 3.71. The van der Waals surface area contributed by atoms with Crippen LogP contribution in [-0.2, 0) is 13.5 Å². The number of fused-ring (bicyclic) bond motifs is 1. The van der Waals surface area contributed by atoms with E-state index in [-0.39, 0.29) is 6.03 Å². The van der Waals surface area contributed by atoms with Gasteiger partial charge in [-0.05, 0) is 56.0 Å². The van der Waals surface area contributed by atoms with Crippen LogP contribution >= 0.6 is 0 Å². The van der Waals surface area contributed by atoms with Gasteiger partial charge in [0.25, 0.3) is 0 Å². The third-order valence-corrected chi connectivity index (χ3v) is 5.78. The van der Waals surface area contributed by atoms with Crippen LogP contribution in [0, 0.1) is 0 Å². The minimum Gasteiger partial charge on any atom is -0.335 e. The van der Waals surface area contributed by atoms with Crippen LogP contribution in [0.1, 0.15) is 31.5 Å². The number of benzene rings is 2. The molecule has 6 heteroatoms. The topological polar surface area (TPSA) is 63.4 Å². The average Bonchev–Trinajstić information content (AvgIpc) is 2.88. The highest BCUT2D eigenvalue weighted by molar-refractivity contribution is 6.00. The summed E-state index contributed by atoms with van der Waals surface area (Å²) < 4.78 is 2.18. The first-order valence-electron chi connectivity index (χ1n) is 10.6. The largest absolute Gasteiger partial charge is 0.335 e. The molecule has 152 valence electrons. The van der Waals surface area contributed by atoms with E-state index in [1.54, 1.807) is 4.90 Å². The smallest absolute Gasteiger partial charge is 0.323 e. The molecule has 0 aliphatic carbocycles. The van der Waals surface area contributed by atoms with Gasteiger partial charge >= 0.3 is 6.03 Å². The fraction of sp³-hybridized carbons (Fsp3) is 0.391. The number of carbonyl (C=O) groups is 1. The molecule has 2 heterocycles. The summed E-state index contributed by atoms with van der Waals surface area (Å²) in [6.07, 6.45) is 6.43. The van der Waals surface area contributed by atoms with Crippen molar-refractivity contribution >= 4 is 28.4 Å². The van der Waals surface area contributed by atoms with E-state index in [1.807, 2.05) is 48.5 Å². The van der Waals surface area contributed by atoms with Crippen LogP contribution in [0.4, 0.5) is 16.2 Å². The Morgan fingerprint density at radius 3 is 2.48 bits per heavy atom. The highest BCUT2D eigenvalue weighted by Crippen LogP contribution is 2.20. The maximum absolute atomic E-state index is 12.2. The van der Waals surface area contributed by atoms with Crippen LogP contribution in [0.3, 0.4) is 0 Å². The van der Waals surface area contributed by atoms with Gasteiger partial charge < -0.3 is 20.1 Å². The first-order chi connectivity index (χ1) is 14.2. The molecule has 0 unspecified atom stereocenters. The zero-order valence-electron chi connectivity index (χ0n) is 17.1. The molecule has 1 aromatic heterocycles. The van der Waals surface area contributed by atoms with Crippen molar-refractivity contribution in [3.05, 3.63) is 54.4 Å². The van der Waals surface area contributed by atoms with E-state index >= 15 is 0 Å². The van der Waals surface area contributed by atoms with E-state index < -0.39 is 0 Å². The molecule has 1 saturated heterocycles. The van der Waals surface area contributed by atoms with E-state index in [9.17, 15) is 4.79 Å². The molecule has 6 nitrogen and oxygen atoms in total. The quantitative estimate of drug-likeness (QED) is 0.624. The van der Waals surface area contributed by atoms with Crippen molar-refractivity contribution < 1.29 is 9.69 Å². The van der Waals surface area contributed by atoms with Crippen LogP contribution in [0.25, 0.3) is 11.0 Å². The normalized spacial score (nSPS) is 15.2. The Bertz CT molecular complexity index is 958. The minimum atomic E-state index is -0.253. The molecule has 0 atom stereocenters. The van der Waals surface area contributed by atoms with Gasteiger partial charge in [-0.25, -0.2) is 9.78 Å². The molecule has 2 aromatic carbocycles. The summed E-state index contributed by atoms with van der Waals surface area (Å²) in [5, 5.41) is 5.74. The Morgan fingerprint density at radius 1 is 1.00 bits per heavy atom. The number of aromatic nitrogens is 2. The predicted molar refractivity (Wildman–Crippen MR) is 118 cm³/mol. The first kappa shape index (κ1) is 19.5. The Hall–Kier alpha value is -2.86. The van der Waals surface area contributed by atoms with E-state index in [0.717, 1.165) is 41.2 Å². The van der Waals surface area contributed by atoms with Crippen molar-refractivity contribution in [2.24, 2.45) is 7.05 Å². The maximum Gasteiger partial charge on any atom is 0.323 e. The number of likely N-dealkylation sites (tertiary alicyclic amines) is 1. The van der Waals surface area contributed by atoms with Crippen molar-refractivity contribution in [1.82, 2.24) is 9.55 Å². The van der Waals surface area contributed by atoms with Gasteiger partial charge in [0.05, 0.1) is 37.1 Å². The lowest BCUT2D eigenvalue weighted by Gasteiger charge is -2.16. The second-order valence-corrected chi connectivity index (χ2v) is 7.90. The highest BCUT2D eigenvalue weighted by Gasteiger charge is 2.15. The van der Waals surface area contributed by atoms with Gasteiger partial charge in [0.2, 0.25) is 0 Å². The Morgan fingerprint density at radius 2 is 1.72 bits per heavy atom. The highest BCUT2D eigenvalue weighted by atomic mass is 16.2. The van der Waals surface area contributed by atoms with Crippen molar-refractivity contribution in [3.8, 4) is 0 Å². The molecule has 1 aliphatic heterocycles. The van der Waals surface area contributed by atoms with E-state index in [1.165, 1.54) is 38.8 Å². The molecule has 0 radical (unpaired) electrons. The average molecular weight is 393 g/mol. The molecule has 1 aliphatic rings. The molecule has 3 N–H and O–H groups in total. The van der Waals surface area contributed by atoms with E-state index in [2.05, 4.69) is 22.2 Å². The number of nitrogens with one attached hydrogen (secondary N) is 3. The second kappa shape index (κ2) is 9.09. The lowest BCUT2D eigenvalue weighted by molar-refractivity contribution is -0.899. The van der Waals surface area contributed by atoms with Crippen LogP contribution in [0.15, 0.2) is 48.5 Å². The van der Waals surface area contributed by atoms with Crippen LogP contribution in [0.2, 0.25) is 0 Å². The fourth-order valence-electron chi connectivity index (χ4n) is 4.13. The Balaban J connectivity index is 1.41. The van der Waals surface area contributed by atoms with Gasteiger partial charge in [-0.2, -0.15) is 0 Å². The summed E-state index contributed by atoms with van der Waals surface area (Å²) >= 11 is 0. The number of nitrogens with zero attached hydrogens (tertiary/aromatic N) is 2. The summed E-state index contributed by atoms with van der Waals surface area (Å²) in [7, 11) is 2.08. The third-order valence-electron chi connectivity index (χ3n) is 5.78. The van der Waals surface area contributed by atoms with E-state index in [0.29, 0.717) is 0 Å². The molecule has 0 spiro atoms. The summed E-state index contributed by atoms with van der Waals surface area (Å²) in [5.41, 5.74) is 3.53. The van der Waals surface area contributed by atoms with Crippen molar-refractivity contribution in [2.45, 2.75) is 32.1 Å². The number of para-hydroxylation sites is 1. The van der Waals surface area contributed by atoms with Crippen LogP contribution in [-0.4, -0.2) is 35.2 Å². The molecule has 1 fully saturated rings. The summed E-state index contributed by atoms with van der Waals surface area (Å²) in [6, 6.07) is 15.1. The zero-order chi connectivity index (χ0) is 20.1. The Kier molecular flexibility index (Phi) is 6.10. The number of hydrogen-bond acceptors (Lipinski definition) is 2. The van der Waals surface area contributed by atoms with Gasteiger partial charge in [0.15, 0.2) is 0 Å². The molecular weight excluding hydrogens is 362 g/mol. The third kappa shape index (κ3) is 4.95. The van der Waals surface area contributed by atoms with Crippen LogP contribution < -0.4 is 15.5 Å². The van der Waals surface area contributed by atoms with Crippen molar-refractivity contribution in [2.75, 3.05) is 30.3 Å². The van der Waals surface area contributed by atoms with Gasteiger partial charge in [-0.15, -0.1) is 0 Å². The predicted octanol–water partition coefficient (Wildman–Crippen LogP) is 3.22. The number of imidazole rings is 1. The summed E-state index contributed by atoms with van der Waals surface area (Å²) in [5.74, 6) is 1.11. The van der Waals surface area contributed by atoms with Gasteiger partial charge in [-0.1, -0.05) is 18.2 Å². The van der Waals surface area contributed by atoms with Gasteiger partial charge in [0, 0.05) is 18.4 Å². The molecule has 4 rings (SSSR count). The lowest BCUT2D eigenvalue weighted by Crippen LogP contribution is -3.12. The number of amides is 2. The number of carbonyl (C=O) groups excluding carboxylic acids is 1. The monoisotopic (exact) mass is 392 g/mol. The van der Waals surface area contributed by atoms with Gasteiger partial charge in [-0.3, -0.25) is 0 Å². The molecule has 2 amide bonds. The first-order valence-corrected chi connectivity index (χ1v) is 10.6. The SMILES string of the molecule is Cn1c(CC[NH+]2CCCCCC2)nc2cc(NC(=O)Nc3ccccc3)ccc21. The number of urea groups is 1. The number of anilines is 2. The Labute approximate surface area is 171 Å².